The number of rotatable bonds is 6. The van der Waals surface area contributed by atoms with Gasteiger partial charge in [-0.05, 0) is 62.5 Å². The van der Waals surface area contributed by atoms with Crippen molar-refractivity contribution >= 4 is 14.7 Å². The molecule has 1 aromatic carbocycles. The van der Waals surface area contributed by atoms with Crippen molar-refractivity contribution in [1.82, 2.24) is 5.32 Å². The second-order valence-corrected chi connectivity index (χ2v) is 11.3. The minimum atomic E-state index is -1.04. The molecule has 0 spiro atoms. The fourth-order valence-electron chi connectivity index (χ4n) is 3.77. The van der Waals surface area contributed by atoms with E-state index in [-0.39, 0.29) is 10.9 Å². The lowest BCUT2D eigenvalue weighted by molar-refractivity contribution is 0.0963. The molecule has 0 saturated carbocycles. The van der Waals surface area contributed by atoms with E-state index in [1.54, 1.807) is 0 Å². The van der Waals surface area contributed by atoms with Gasteiger partial charge in [0.25, 0.3) is 5.91 Å². The maximum atomic E-state index is 12.8. The van der Waals surface area contributed by atoms with E-state index in [2.05, 4.69) is 65.2 Å². The van der Waals surface area contributed by atoms with Crippen LogP contribution in [0.3, 0.4) is 0 Å². The molecule has 0 bridgehead atoms. The highest BCUT2D eigenvalue weighted by Crippen LogP contribution is 2.53. The highest BCUT2D eigenvalue weighted by atomic mass is 28.3. The van der Waals surface area contributed by atoms with E-state index in [1.165, 1.54) is 35.1 Å². The fraction of sp³-hybridized carbons (Fsp3) is 0.500. The number of hydrogen-bond acceptors (Lipinski definition) is 1. The third-order valence-electron chi connectivity index (χ3n) is 6.23. The largest absolute Gasteiger partial charge is 0.325 e. The number of hydrogen-bond donors (Lipinski definition) is 1. The normalized spacial score (nSPS) is 20.6. The zero-order valence-corrected chi connectivity index (χ0v) is 18.1. The van der Waals surface area contributed by atoms with Crippen molar-refractivity contribution in [2.24, 2.45) is 0 Å². The smallest absolute Gasteiger partial charge is 0.255 e. The highest BCUT2D eigenvalue weighted by Gasteiger charge is 2.42. The van der Waals surface area contributed by atoms with Crippen LogP contribution in [0.2, 0.25) is 18.1 Å². The maximum absolute atomic E-state index is 12.8. The van der Waals surface area contributed by atoms with Crippen LogP contribution in [0.4, 0.5) is 0 Å². The summed E-state index contributed by atoms with van der Waals surface area (Å²) < 4.78 is 0. The zero-order chi connectivity index (χ0) is 18.8. The lowest BCUT2D eigenvalue weighted by Crippen LogP contribution is -2.35. The first-order valence-electron chi connectivity index (χ1n) is 9.53. The molecular weight excluding hydrogens is 322 g/mol. The summed E-state index contributed by atoms with van der Waals surface area (Å²) in [4.78, 5) is 12.8. The predicted molar refractivity (Wildman–Crippen MR) is 111 cm³/mol. The molecule has 0 aliphatic heterocycles. The first-order valence-corrected chi connectivity index (χ1v) is 12.4. The Morgan fingerprint density at radius 2 is 1.68 bits per heavy atom. The SMILES string of the molecule is CCCCc1ccc(C(=O)NC2=C(C)C(C)=C(C)C2(C)[SiH](C)C)cc1. The van der Waals surface area contributed by atoms with E-state index in [0.717, 1.165) is 17.7 Å². The Bertz CT molecular complexity index is 712. The van der Waals surface area contributed by atoms with Crippen LogP contribution in [0, 0.1) is 0 Å². The minimum Gasteiger partial charge on any atom is -0.325 e. The van der Waals surface area contributed by atoms with E-state index < -0.39 is 8.80 Å². The molecule has 3 heteroatoms. The van der Waals surface area contributed by atoms with Gasteiger partial charge in [-0.25, -0.2) is 0 Å². The fourth-order valence-corrected chi connectivity index (χ4v) is 5.72. The molecule has 1 N–H and O–H groups in total. The first kappa shape index (κ1) is 19.7. The van der Waals surface area contributed by atoms with Gasteiger partial charge < -0.3 is 5.32 Å². The van der Waals surface area contributed by atoms with Crippen molar-refractivity contribution in [3.8, 4) is 0 Å². The van der Waals surface area contributed by atoms with Crippen LogP contribution in [0.1, 0.15) is 63.4 Å². The predicted octanol–water partition coefficient (Wildman–Crippen LogP) is 5.63. The molecular formula is C22H33NOSi. The number of aryl methyl sites for hydroxylation is 1. The molecule has 1 unspecified atom stereocenters. The molecule has 136 valence electrons. The van der Waals surface area contributed by atoms with Crippen molar-refractivity contribution in [2.75, 3.05) is 0 Å². The molecule has 1 amide bonds. The van der Waals surface area contributed by atoms with E-state index in [1.807, 2.05) is 12.1 Å². The van der Waals surface area contributed by atoms with Gasteiger partial charge >= 0.3 is 0 Å². The van der Waals surface area contributed by atoms with Crippen molar-refractivity contribution < 1.29 is 4.79 Å². The number of carbonyl (C=O) groups excluding carboxylic acids is 1. The van der Waals surface area contributed by atoms with Crippen LogP contribution >= 0.6 is 0 Å². The molecule has 0 saturated heterocycles. The Balaban J connectivity index is 2.22. The Hall–Kier alpha value is -1.61. The summed E-state index contributed by atoms with van der Waals surface area (Å²) in [5.41, 5.74) is 7.20. The van der Waals surface area contributed by atoms with Crippen LogP contribution in [-0.2, 0) is 6.42 Å². The summed E-state index contributed by atoms with van der Waals surface area (Å²) in [7, 11) is -1.04. The molecule has 1 aliphatic carbocycles. The van der Waals surface area contributed by atoms with Gasteiger partial charge in [0.05, 0.1) is 0 Å². The number of carbonyl (C=O) groups is 1. The third kappa shape index (κ3) is 3.66. The molecule has 0 fully saturated rings. The average Bonchev–Trinajstić information content (AvgIpc) is 2.76. The van der Waals surface area contributed by atoms with Gasteiger partial charge in [0.2, 0.25) is 0 Å². The van der Waals surface area contributed by atoms with Crippen LogP contribution < -0.4 is 5.32 Å². The molecule has 25 heavy (non-hydrogen) atoms. The Morgan fingerprint density at radius 1 is 1.08 bits per heavy atom. The van der Waals surface area contributed by atoms with E-state index in [0.29, 0.717) is 0 Å². The van der Waals surface area contributed by atoms with Gasteiger partial charge in [0, 0.05) is 25.1 Å². The molecule has 2 nitrogen and oxygen atoms in total. The van der Waals surface area contributed by atoms with Crippen molar-refractivity contribution in [2.45, 2.75) is 72.0 Å². The third-order valence-corrected chi connectivity index (χ3v) is 9.26. The Morgan fingerprint density at radius 3 is 2.20 bits per heavy atom. The highest BCUT2D eigenvalue weighted by molar-refractivity contribution is 6.61. The topological polar surface area (TPSA) is 29.1 Å². The zero-order valence-electron chi connectivity index (χ0n) is 16.9. The van der Waals surface area contributed by atoms with Gasteiger partial charge in [-0.2, -0.15) is 0 Å². The molecule has 1 aliphatic rings. The van der Waals surface area contributed by atoms with Crippen LogP contribution in [0.5, 0.6) is 0 Å². The molecule has 0 heterocycles. The lowest BCUT2D eigenvalue weighted by Gasteiger charge is -2.34. The Kier molecular flexibility index (Phi) is 6.10. The molecule has 0 radical (unpaired) electrons. The number of benzene rings is 1. The van der Waals surface area contributed by atoms with Crippen molar-refractivity contribution in [3.05, 3.63) is 57.8 Å². The van der Waals surface area contributed by atoms with E-state index >= 15 is 0 Å². The van der Waals surface area contributed by atoms with E-state index in [9.17, 15) is 4.79 Å². The van der Waals surface area contributed by atoms with Gasteiger partial charge in [0.15, 0.2) is 0 Å². The summed E-state index contributed by atoms with van der Waals surface area (Å²) in [6.07, 6.45) is 3.47. The summed E-state index contributed by atoms with van der Waals surface area (Å²) in [5.74, 6) is 0.0137. The number of nitrogens with one attached hydrogen (secondary N) is 1. The summed E-state index contributed by atoms with van der Waals surface area (Å²) in [6, 6.07) is 8.10. The van der Waals surface area contributed by atoms with Crippen LogP contribution in [0.15, 0.2) is 46.7 Å². The standard InChI is InChI=1S/C22H33NOSi/c1-8-9-10-18-11-13-19(14-12-18)21(24)23-20-16(3)15(2)17(4)22(20,5)25(6)7/h11-14,25H,8-10H2,1-7H3,(H,23,24). The van der Waals surface area contributed by atoms with Crippen molar-refractivity contribution in [3.63, 3.8) is 0 Å². The molecule has 2 rings (SSSR count). The Labute approximate surface area is 155 Å². The minimum absolute atomic E-state index is 0.0137. The maximum Gasteiger partial charge on any atom is 0.255 e. The second-order valence-electron chi connectivity index (χ2n) is 7.86. The van der Waals surface area contributed by atoms with Gasteiger partial charge in [0.1, 0.15) is 0 Å². The number of unbranched alkanes of at least 4 members (excludes halogenated alkanes) is 1. The average molecular weight is 356 g/mol. The van der Waals surface area contributed by atoms with Gasteiger partial charge in [-0.15, -0.1) is 0 Å². The quantitative estimate of drug-likeness (QED) is 0.658. The van der Waals surface area contributed by atoms with Gasteiger partial charge in [-0.1, -0.05) is 51.1 Å². The summed E-state index contributed by atoms with van der Waals surface area (Å²) in [6.45, 7) is 15.8. The molecule has 1 atom stereocenters. The number of amides is 1. The second kappa shape index (κ2) is 7.73. The molecule has 1 aromatic rings. The summed E-state index contributed by atoms with van der Waals surface area (Å²) in [5, 5.41) is 3.31. The summed E-state index contributed by atoms with van der Waals surface area (Å²) >= 11 is 0. The number of allylic oxidation sites excluding steroid dienone is 3. The lowest BCUT2D eigenvalue weighted by atomic mass is 10.0. The van der Waals surface area contributed by atoms with E-state index in [4.69, 9.17) is 0 Å². The first-order chi connectivity index (χ1) is 11.7. The van der Waals surface area contributed by atoms with Crippen molar-refractivity contribution in [1.29, 1.82) is 0 Å². The monoisotopic (exact) mass is 355 g/mol. The van der Waals surface area contributed by atoms with Crippen LogP contribution in [-0.4, -0.2) is 14.7 Å². The van der Waals surface area contributed by atoms with Crippen LogP contribution in [0.25, 0.3) is 0 Å². The molecule has 0 aromatic heterocycles. The van der Waals surface area contributed by atoms with Gasteiger partial charge in [-0.3, -0.25) is 4.79 Å².